The van der Waals surface area contributed by atoms with Crippen molar-refractivity contribution in [2.75, 3.05) is 18.0 Å². The summed E-state index contributed by atoms with van der Waals surface area (Å²) in [6.45, 7) is 6.49. The number of rotatable bonds is 3. The van der Waals surface area contributed by atoms with Crippen LogP contribution in [0.25, 0.3) is 0 Å². The summed E-state index contributed by atoms with van der Waals surface area (Å²) in [4.78, 5) is 13.2. The zero-order valence-electron chi connectivity index (χ0n) is 12.8. The number of piperidine rings is 1. The van der Waals surface area contributed by atoms with E-state index in [0.717, 1.165) is 31.6 Å². The first-order valence-electron chi connectivity index (χ1n) is 7.38. The van der Waals surface area contributed by atoms with Crippen LogP contribution in [-0.2, 0) is 4.79 Å². The number of hydrogen-bond acceptors (Lipinski definition) is 3. The number of aliphatic hydroxyl groups excluding tert-OH is 1. The summed E-state index contributed by atoms with van der Waals surface area (Å²) in [5.74, 6) is -0.293. The normalized spacial score (nSPS) is 17.7. The Labute approximate surface area is 125 Å². The van der Waals surface area contributed by atoms with Crippen LogP contribution in [-0.4, -0.2) is 30.1 Å². The van der Waals surface area contributed by atoms with Crippen molar-refractivity contribution in [3.63, 3.8) is 0 Å². The van der Waals surface area contributed by atoms with E-state index in [1.165, 1.54) is 13.0 Å². The summed E-state index contributed by atoms with van der Waals surface area (Å²) in [6.07, 6.45) is 1.01. The van der Waals surface area contributed by atoms with Gasteiger partial charge in [0, 0.05) is 37.3 Å². The smallest absolute Gasteiger partial charge is 0.217 e. The molecule has 1 heterocycles. The van der Waals surface area contributed by atoms with Crippen LogP contribution in [0.1, 0.15) is 43.9 Å². The average molecular weight is 294 g/mol. The molecule has 0 bridgehead atoms. The predicted molar refractivity (Wildman–Crippen MR) is 80.8 cm³/mol. The lowest BCUT2D eigenvalue weighted by atomic mass is 9.99. The van der Waals surface area contributed by atoms with Crippen LogP contribution in [0.15, 0.2) is 12.1 Å². The standard InChI is InChI=1S/C16H23FN2O2/c1-10-8-16(14(11(2)20)9-15(10)17)19-6-4-13(5-7-19)18-12(3)21/h8-9,11,13,20H,4-7H2,1-3H3,(H,18,21)/t11-/m1/s1. The molecule has 1 amide bonds. The van der Waals surface area contributed by atoms with Crippen LogP contribution < -0.4 is 10.2 Å². The minimum atomic E-state index is -0.705. The van der Waals surface area contributed by atoms with Crippen LogP contribution in [0, 0.1) is 12.7 Å². The molecule has 1 saturated heterocycles. The summed E-state index contributed by atoms with van der Waals surface area (Å²) in [5.41, 5.74) is 2.10. The molecule has 2 N–H and O–H groups in total. The molecule has 0 aliphatic carbocycles. The highest BCUT2D eigenvalue weighted by Crippen LogP contribution is 2.31. The maximum Gasteiger partial charge on any atom is 0.217 e. The number of carbonyl (C=O) groups excluding carboxylic acids is 1. The van der Waals surface area contributed by atoms with Gasteiger partial charge in [-0.1, -0.05) is 0 Å². The van der Waals surface area contributed by atoms with Crippen LogP contribution in [0.3, 0.4) is 0 Å². The van der Waals surface area contributed by atoms with Crippen molar-refractivity contribution in [1.82, 2.24) is 5.32 Å². The Hall–Kier alpha value is -1.62. The third kappa shape index (κ3) is 3.73. The van der Waals surface area contributed by atoms with Crippen LogP contribution in [0.2, 0.25) is 0 Å². The first-order valence-corrected chi connectivity index (χ1v) is 7.38. The number of halogens is 1. The lowest BCUT2D eigenvalue weighted by molar-refractivity contribution is -0.119. The lowest BCUT2D eigenvalue weighted by Gasteiger charge is -2.35. The fraction of sp³-hybridized carbons (Fsp3) is 0.562. The van der Waals surface area contributed by atoms with Gasteiger partial charge in [0.25, 0.3) is 0 Å². The number of anilines is 1. The molecule has 116 valence electrons. The molecule has 1 fully saturated rings. The molecular weight excluding hydrogens is 271 g/mol. The molecule has 2 rings (SSSR count). The number of hydrogen-bond donors (Lipinski definition) is 2. The Balaban J connectivity index is 2.16. The van der Waals surface area contributed by atoms with Gasteiger partial charge in [-0.05, 0) is 44.4 Å². The van der Waals surface area contributed by atoms with Gasteiger partial charge in [-0.15, -0.1) is 0 Å². The zero-order chi connectivity index (χ0) is 15.6. The van der Waals surface area contributed by atoms with Crippen molar-refractivity contribution >= 4 is 11.6 Å². The van der Waals surface area contributed by atoms with Crippen LogP contribution in [0.4, 0.5) is 10.1 Å². The zero-order valence-corrected chi connectivity index (χ0v) is 12.8. The molecule has 0 saturated carbocycles. The van der Waals surface area contributed by atoms with E-state index in [4.69, 9.17) is 0 Å². The minimum Gasteiger partial charge on any atom is -0.389 e. The quantitative estimate of drug-likeness (QED) is 0.899. The Morgan fingerprint density at radius 2 is 2.05 bits per heavy atom. The molecular formula is C16H23FN2O2. The molecule has 5 heteroatoms. The first-order chi connectivity index (χ1) is 9.88. The van der Waals surface area contributed by atoms with Gasteiger partial charge < -0.3 is 15.3 Å². The van der Waals surface area contributed by atoms with E-state index in [2.05, 4.69) is 10.2 Å². The average Bonchev–Trinajstić information content (AvgIpc) is 2.41. The maximum absolute atomic E-state index is 13.7. The van der Waals surface area contributed by atoms with Gasteiger partial charge in [-0.2, -0.15) is 0 Å². The fourth-order valence-electron chi connectivity index (χ4n) is 2.84. The molecule has 0 radical (unpaired) electrons. The van der Waals surface area contributed by atoms with Crippen molar-refractivity contribution in [2.24, 2.45) is 0 Å². The molecule has 1 aromatic rings. The number of amides is 1. The number of aliphatic hydroxyl groups is 1. The van der Waals surface area contributed by atoms with Crippen LogP contribution in [0.5, 0.6) is 0 Å². The van der Waals surface area contributed by atoms with Gasteiger partial charge >= 0.3 is 0 Å². The van der Waals surface area contributed by atoms with Crippen LogP contribution >= 0.6 is 0 Å². The van der Waals surface area contributed by atoms with E-state index in [9.17, 15) is 14.3 Å². The Morgan fingerprint density at radius 1 is 1.43 bits per heavy atom. The number of carbonyl (C=O) groups is 1. The van der Waals surface area contributed by atoms with Gasteiger partial charge in [0.1, 0.15) is 5.82 Å². The summed E-state index contributed by atoms with van der Waals surface area (Å²) in [5, 5.41) is 12.8. The van der Waals surface area contributed by atoms with E-state index in [0.29, 0.717) is 11.1 Å². The molecule has 0 aromatic heterocycles. The number of nitrogens with one attached hydrogen (secondary N) is 1. The van der Waals surface area contributed by atoms with Crippen molar-refractivity contribution in [1.29, 1.82) is 0 Å². The third-order valence-electron chi connectivity index (χ3n) is 4.00. The first kappa shape index (κ1) is 15.8. The van der Waals surface area contributed by atoms with Crippen molar-refractivity contribution in [2.45, 2.75) is 45.8 Å². The number of nitrogens with zero attached hydrogens (tertiary/aromatic N) is 1. The molecule has 0 spiro atoms. The largest absolute Gasteiger partial charge is 0.389 e. The second-order valence-corrected chi connectivity index (χ2v) is 5.80. The lowest BCUT2D eigenvalue weighted by Crippen LogP contribution is -2.44. The molecule has 21 heavy (non-hydrogen) atoms. The Kier molecular flexibility index (Phi) is 4.83. The summed E-state index contributed by atoms with van der Waals surface area (Å²) < 4.78 is 13.7. The Bertz CT molecular complexity index is 523. The second kappa shape index (κ2) is 6.43. The van der Waals surface area contributed by atoms with Crippen molar-refractivity contribution < 1.29 is 14.3 Å². The topological polar surface area (TPSA) is 52.6 Å². The van der Waals surface area contributed by atoms with Crippen molar-refractivity contribution in [3.8, 4) is 0 Å². The predicted octanol–water partition coefficient (Wildman–Crippen LogP) is 2.29. The number of benzene rings is 1. The van der Waals surface area contributed by atoms with E-state index in [1.54, 1.807) is 19.9 Å². The fourth-order valence-corrected chi connectivity index (χ4v) is 2.84. The monoisotopic (exact) mass is 294 g/mol. The molecule has 1 atom stereocenters. The van der Waals surface area contributed by atoms with E-state index in [-0.39, 0.29) is 17.8 Å². The molecule has 4 nitrogen and oxygen atoms in total. The number of aryl methyl sites for hydroxylation is 1. The van der Waals surface area contributed by atoms with E-state index < -0.39 is 6.10 Å². The SMILES string of the molecule is CC(=O)NC1CCN(c2cc(C)c(F)cc2[C@@H](C)O)CC1. The molecule has 1 aliphatic rings. The molecule has 1 aliphatic heterocycles. The third-order valence-corrected chi connectivity index (χ3v) is 4.00. The Morgan fingerprint density at radius 3 is 2.57 bits per heavy atom. The second-order valence-electron chi connectivity index (χ2n) is 5.80. The van der Waals surface area contributed by atoms with E-state index in [1.807, 2.05) is 0 Å². The summed E-state index contributed by atoms with van der Waals surface area (Å²) in [7, 11) is 0. The maximum atomic E-state index is 13.7. The van der Waals surface area contributed by atoms with Gasteiger partial charge in [0.05, 0.1) is 6.10 Å². The highest BCUT2D eigenvalue weighted by Gasteiger charge is 2.23. The van der Waals surface area contributed by atoms with E-state index >= 15 is 0 Å². The summed E-state index contributed by atoms with van der Waals surface area (Å²) in [6, 6.07) is 3.43. The van der Waals surface area contributed by atoms with Gasteiger partial charge in [-0.3, -0.25) is 4.79 Å². The molecule has 0 unspecified atom stereocenters. The highest BCUT2D eigenvalue weighted by molar-refractivity contribution is 5.73. The van der Waals surface area contributed by atoms with Gasteiger partial charge in [0.2, 0.25) is 5.91 Å². The highest BCUT2D eigenvalue weighted by atomic mass is 19.1. The van der Waals surface area contributed by atoms with Crippen molar-refractivity contribution in [3.05, 3.63) is 29.1 Å². The summed E-state index contributed by atoms with van der Waals surface area (Å²) >= 11 is 0. The van der Waals surface area contributed by atoms with Gasteiger partial charge in [0.15, 0.2) is 0 Å². The molecule has 1 aromatic carbocycles. The minimum absolute atomic E-state index is 0.00394. The van der Waals surface area contributed by atoms with Gasteiger partial charge in [-0.25, -0.2) is 4.39 Å².